The van der Waals surface area contributed by atoms with Crippen LogP contribution in [0.5, 0.6) is 0 Å². The number of hydrogen-bond acceptors (Lipinski definition) is 10. The maximum absolute atomic E-state index is 14.2. The number of aliphatic hydroxyl groups is 6. The third-order valence-electron chi connectivity index (χ3n) is 17.3. The van der Waals surface area contributed by atoms with Crippen molar-refractivity contribution in [3.05, 3.63) is 35.7 Å². The number of carbonyl (C=O) groups excluding carboxylic acids is 2. The minimum absolute atomic E-state index is 0.0815. The van der Waals surface area contributed by atoms with Crippen LogP contribution in [0, 0.1) is 81.8 Å². The first-order chi connectivity index (χ1) is 28.8. The van der Waals surface area contributed by atoms with Crippen molar-refractivity contribution in [1.29, 1.82) is 0 Å². The van der Waals surface area contributed by atoms with E-state index < -0.39 is 64.0 Å². The smallest absolute Gasteiger partial charge is 0.313 e. The number of H-pyrrole nitrogens is 1. The van der Waals surface area contributed by atoms with Gasteiger partial charge in [-0.3, -0.25) is 14.6 Å². The van der Waals surface area contributed by atoms with Gasteiger partial charge in [0.1, 0.15) is 0 Å². The lowest BCUT2D eigenvalue weighted by Crippen LogP contribution is -2.64. The summed E-state index contributed by atoms with van der Waals surface area (Å²) in [5.74, 6) is 3.66. The van der Waals surface area contributed by atoms with Crippen LogP contribution in [-0.4, -0.2) is 103 Å². The summed E-state index contributed by atoms with van der Waals surface area (Å²) >= 11 is 0. The van der Waals surface area contributed by atoms with E-state index in [2.05, 4.69) is 42.6 Å². The molecule has 0 bridgehead atoms. The molecule has 1 saturated heterocycles. The number of nitrogens with one attached hydrogen (secondary N) is 1. The second-order valence-electron chi connectivity index (χ2n) is 21.0. The lowest BCUT2D eigenvalue weighted by atomic mass is 9.44. The van der Waals surface area contributed by atoms with Crippen molar-refractivity contribution in [1.82, 2.24) is 4.98 Å². The first-order valence-electron chi connectivity index (χ1n) is 23.0. The molecule has 1 aliphatic heterocycles. The van der Waals surface area contributed by atoms with Gasteiger partial charge in [0.15, 0.2) is 11.7 Å². The molecule has 1 aromatic rings. The van der Waals surface area contributed by atoms with Crippen LogP contribution < -0.4 is 11.5 Å². The van der Waals surface area contributed by atoms with Crippen molar-refractivity contribution in [3.63, 3.8) is 0 Å². The van der Waals surface area contributed by atoms with E-state index in [0.29, 0.717) is 30.8 Å². The summed E-state index contributed by atoms with van der Waals surface area (Å²) in [7, 11) is 0. The number of aromatic amines is 1. The summed E-state index contributed by atoms with van der Waals surface area (Å²) in [6.45, 7) is 10.3. The van der Waals surface area contributed by atoms with E-state index in [4.69, 9.17) is 16.2 Å². The molecule has 5 aliphatic carbocycles. The van der Waals surface area contributed by atoms with Crippen LogP contribution in [0.1, 0.15) is 117 Å². The van der Waals surface area contributed by atoms with E-state index in [1.807, 2.05) is 19.2 Å². The molecule has 17 atom stereocenters. The highest BCUT2D eigenvalue weighted by molar-refractivity contribution is 5.95. The highest BCUT2D eigenvalue weighted by Crippen LogP contribution is 2.71. The van der Waals surface area contributed by atoms with Gasteiger partial charge in [-0.15, -0.1) is 5.92 Å². The molecule has 61 heavy (non-hydrogen) atoms. The van der Waals surface area contributed by atoms with Gasteiger partial charge in [0.05, 0.1) is 42.0 Å². The summed E-state index contributed by atoms with van der Waals surface area (Å²) < 4.78 is 5.77. The Labute approximate surface area is 361 Å². The number of fused-ring (bicyclic) bond motifs is 7. The Balaban J connectivity index is 1.37. The van der Waals surface area contributed by atoms with Gasteiger partial charge in [-0.05, 0) is 129 Å². The Morgan fingerprint density at radius 1 is 1.05 bits per heavy atom. The molecule has 7 rings (SSSR count). The molecule has 0 aromatic carbocycles. The van der Waals surface area contributed by atoms with Crippen molar-refractivity contribution in [2.75, 3.05) is 19.8 Å². The molecule has 11 N–H and O–H groups in total. The summed E-state index contributed by atoms with van der Waals surface area (Å²) in [4.78, 5) is 35.1. The van der Waals surface area contributed by atoms with E-state index in [-0.39, 0.29) is 112 Å². The predicted molar refractivity (Wildman–Crippen MR) is 230 cm³/mol. The monoisotopic (exact) mass is 849 g/mol. The van der Waals surface area contributed by atoms with Crippen LogP contribution in [0.4, 0.5) is 0 Å². The van der Waals surface area contributed by atoms with Crippen LogP contribution in [-0.2, 0) is 14.3 Å². The standard InChI is InChI=1S/C48H72N4O9/c1-26(2)9-10-28-17-29(33-25-61-43(58)41(33)31-12-15-51-23-31)7-6-8-30-21-48(60)35-19-37(54)36-20-38(55)39(56)22-45(36,4)34(35)11-13-47(48,14-16-52-44(49)50)42(30)46(5,59)40(57)18-32(24-53)27(28)3/h12,15,19,23,26-30,32-34,36,38-42,51,53,55-57,59-60H,8-11,13-14,16-18,20-22,24-25H2,1-5H3,(H4,49,50,52). The van der Waals surface area contributed by atoms with Gasteiger partial charge < -0.3 is 51.8 Å². The quantitative estimate of drug-likeness (QED) is 0.0753. The molecule has 4 fully saturated rings. The van der Waals surface area contributed by atoms with Gasteiger partial charge in [0.25, 0.3) is 0 Å². The number of ketones is 1. The third kappa shape index (κ3) is 8.01. The zero-order chi connectivity index (χ0) is 44.2. The second kappa shape index (κ2) is 17.4. The number of ether oxygens (including phenoxy) is 1. The maximum Gasteiger partial charge on any atom is 0.313 e. The Morgan fingerprint density at radius 3 is 2.48 bits per heavy atom. The number of aromatic nitrogens is 1. The number of guanidine groups is 1. The SMILES string of the molecule is CC(C)CCC1CC(C2COC(=O)C2c2cc[nH]c2)C#CCC2CC3(O)C4=CC(=O)C5CC(O)C(O)CC5(C)C4CCC3(CCN=C(N)N)C2C(C)(O)C(O)CC(CO)C1C. The lowest BCUT2D eigenvalue weighted by Gasteiger charge is -2.61. The van der Waals surface area contributed by atoms with Crippen molar-refractivity contribution >= 4 is 17.7 Å². The van der Waals surface area contributed by atoms with Crippen molar-refractivity contribution in [3.8, 4) is 11.8 Å². The van der Waals surface area contributed by atoms with Gasteiger partial charge in [0, 0.05) is 61.1 Å². The normalized spacial score (nSPS) is 45.0. The van der Waals surface area contributed by atoms with E-state index in [1.165, 1.54) is 0 Å². The van der Waals surface area contributed by atoms with Crippen LogP contribution in [0.2, 0.25) is 0 Å². The number of aliphatic imine (C=N–C) groups is 1. The van der Waals surface area contributed by atoms with Gasteiger partial charge in [0.2, 0.25) is 0 Å². The topological polar surface area (TPSA) is 245 Å². The van der Waals surface area contributed by atoms with Crippen LogP contribution in [0.3, 0.4) is 0 Å². The van der Waals surface area contributed by atoms with Crippen LogP contribution >= 0.6 is 0 Å². The molecule has 2 heterocycles. The summed E-state index contributed by atoms with van der Waals surface area (Å²) in [5.41, 5.74) is 7.86. The Bertz CT molecular complexity index is 1880. The van der Waals surface area contributed by atoms with Gasteiger partial charge in [-0.25, -0.2) is 0 Å². The van der Waals surface area contributed by atoms with Crippen LogP contribution in [0.25, 0.3) is 0 Å². The minimum Gasteiger partial charge on any atom is -0.465 e. The highest BCUT2D eigenvalue weighted by Gasteiger charge is 2.73. The molecule has 0 spiro atoms. The highest BCUT2D eigenvalue weighted by atomic mass is 16.5. The fraction of sp³-hybridized carbons (Fsp3) is 0.771. The Hall–Kier alpha value is -3.25. The molecular formula is C48H72N4O9. The number of cyclic esters (lactones) is 1. The van der Waals surface area contributed by atoms with Crippen molar-refractivity contribution in [2.45, 2.75) is 141 Å². The summed E-state index contributed by atoms with van der Waals surface area (Å²) in [6, 6.07) is 1.91. The van der Waals surface area contributed by atoms with Crippen LogP contribution in [0.15, 0.2) is 35.1 Å². The van der Waals surface area contributed by atoms with E-state index in [0.717, 1.165) is 18.4 Å². The number of nitrogens with zero attached hydrogens (tertiary/aromatic N) is 1. The molecule has 1 aromatic heterocycles. The molecule has 6 aliphatic rings. The number of rotatable bonds is 9. The van der Waals surface area contributed by atoms with Gasteiger partial charge in [-0.1, -0.05) is 40.0 Å². The van der Waals surface area contributed by atoms with Crippen molar-refractivity contribution < 1.29 is 45.0 Å². The maximum atomic E-state index is 14.2. The molecule has 338 valence electrons. The average molecular weight is 849 g/mol. The molecule has 3 saturated carbocycles. The van der Waals surface area contributed by atoms with Gasteiger partial charge in [-0.2, -0.15) is 0 Å². The fourth-order valence-electron chi connectivity index (χ4n) is 14.0. The minimum atomic E-state index is -1.79. The first-order valence-corrected chi connectivity index (χ1v) is 23.0. The predicted octanol–water partition coefficient (Wildman–Crippen LogP) is 3.56. The molecule has 17 unspecified atom stereocenters. The Kier molecular flexibility index (Phi) is 13.0. The molecule has 0 amide bonds. The van der Waals surface area contributed by atoms with E-state index >= 15 is 0 Å². The zero-order valence-electron chi connectivity index (χ0n) is 36.8. The lowest BCUT2D eigenvalue weighted by molar-refractivity contribution is -0.189. The molecule has 13 heteroatoms. The number of hydrogen-bond donors (Lipinski definition) is 9. The van der Waals surface area contributed by atoms with E-state index in [1.54, 1.807) is 19.2 Å². The average Bonchev–Trinajstić information content (AvgIpc) is 3.92. The number of esters is 1. The number of aliphatic hydroxyl groups excluding tert-OH is 4. The number of carbonyl (C=O) groups is 2. The third-order valence-corrected chi connectivity index (χ3v) is 17.3. The van der Waals surface area contributed by atoms with Crippen molar-refractivity contribution in [2.24, 2.45) is 86.5 Å². The molecule has 13 nitrogen and oxygen atoms in total. The summed E-state index contributed by atoms with van der Waals surface area (Å²) in [5, 5.41) is 72.0. The summed E-state index contributed by atoms with van der Waals surface area (Å²) in [6.07, 6.45) is 6.44. The largest absolute Gasteiger partial charge is 0.465 e. The van der Waals surface area contributed by atoms with E-state index in [9.17, 15) is 40.2 Å². The number of allylic oxidation sites excluding steroid dienone is 1. The fourth-order valence-corrected chi connectivity index (χ4v) is 14.0. The Morgan fingerprint density at radius 2 is 1.80 bits per heavy atom. The number of nitrogens with two attached hydrogens (primary N) is 2. The second-order valence-corrected chi connectivity index (χ2v) is 21.0. The zero-order valence-corrected chi connectivity index (χ0v) is 36.8. The molecule has 0 radical (unpaired) electrons. The first kappa shape index (κ1) is 45.8. The van der Waals surface area contributed by atoms with Gasteiger partial charge >= 0.3 is 5.97 Å². The molecular weight excluding hydrogens is 777 g/mol.